The van der Waals surface area contributed by atoms with Gasteiger partial charge in [0.2, 0.25) is 5.91 Å². The van der Waals surface area contributed by atoms with Gasteiger partial charge in [-0.2, -0.15) is 0 Å². The van der Waals surface area contributed by atoms with Crippen molar-refractivity contribution in [3.63, 3.8) is 0 Å². The number of amides is 1. The number of nitrogens with one attached hydrogen (secondary N) is 1. The Labute approximate surface area is 169 Å². The number of carbonyl (C=O) groups is 2. The molecule has 0 heterocycles. The van der Waals surface area contributed by atoms with Gasteiger partial charge in [-0.15, -0.1) is 0 Å². The molecule has 8 nitrogen and oxygen atoms in total. The molecule has 0 unspecified atom stereocenters. The number of aromatic hydroxyl groups is 1. The summed E-state index contributed by atoms with van der Waals surface area (Å²) in [5, 5.41) is 22.4. The zero-order valence-electron chi connectivity index (χ0n) is 16.7. The number of hydrogen-bond acceptors (Lipinski definition) is 7. The number of esters is 1. The summed E-state index contributed by atoms with van der Waals surface area (Å²) in [6.45, 7) is -0.0336. The number of aliphatic hydroxyl groups is 1. The minimum Gasteiger partial charge on any atom is -0.504 e. The lowest BCUT2D eigenvalue weighted by Gasteiger charge is -2.13. The number of hydrogen-bond donors (Lipinski definition) is 3. The standard InChI is InChI=1S/C21H25NO7/c1-27-17-7-5-14(16(12-23)20(17)25)11-19(24)22-9-8-13-4-6-15(21(26)29-3)18(10-13)28-2/h4-7,10,23,25H,8-9,11-12H2,1-3H3,(H,22,24). The zero-order valence-corrected chi connectivity index (χ0v) is 16.7. The van der Waals surface area contributed by atoms with Crippen LogP contribution in [0, 0.1) is 0 Å². The summed E-state index contributed by atoms with van der Waals surface area (Å²) >= 11 is 0. The molecular formula is C21H25NO7. The van der Waals surface area contributed by atoms with Crippen LogP contribution < -0.4 is 14.8 Å². The van der Waals surface area contributed by atoms with E-state index in [2.05, 4.69) is 5.32 Å². The monoisotopic (exact) mass is 403 g/mol. The van der Waals surface area contributed by atoms with Crippen LogP contribution in [0.4, 0.5) is 0 Å². The van der Waals surface area contributed by atoms with E-state index < -0.39 is 12.6 Å². The van der Waals surface area contributed by atoms with Crippen LogP contribution in [0.2, 0.25) is 0 Å². The SMILES string of the molecule is COC(=O)c1ccc(CCNC(=O)Cc2ccc(OC)c(O)c2CO)cc1OC. The van der Waals surface area contributed by atoms with Gasteiger partial charge in [-0.3, -0.25) is 4.79 Å². The summed E-state index contributed by atoms with van der Waals surface area (Å²) in [5.74, 6) is -0.255. The fourth-order valence-corrected chi connectivity index (χ4v) is 2.91. The second-order valence-corrected chi connectivity index (χ2v) is 6.22. The summed E-state index contributed by atoms with van der Waals surface area (Å²) in [5.41, 5.74) is 2.00. The first-order chi connectivity index (χ1) is 13.9. The maximum absolute atomic E-state index is 12.3. The molecular weight excluding hydrogens is 378 g/mol. The average Bonchev–Trinajstić information content (AvgIpc) is 2.73. The lowest BCUT2D eigenvalue weighted by molar-refractivity contribution is -0.120. The third kappa shape index (κ3) is 5.39. The Balaban J connectivity index is 1.97. The van der Waals surface area contributed by atoms with Gasteiger partial charge in [-0.05, 0) is 35.7 Å². The molecule has 1 amide bonds. The lowest BCUT2D eigenvalue weighted by atomic mass is 10.0. The number of rotatable bonds is 9. The molecule has 2 rings (SSSR count). The topological polar surface area (TPSA) is 114 Å². The van der Waals surface area contributed by atoms with Crippen molar-refractivity contribution in [3.8, 4) is 17.2 Å². The van der Waals surface area contributed by atoms with E-state index in [1.807, 2.05) is 0 Å². The lowest BCUT2D eigenvalue weighted by Crippen LogP contribution is -2.27. The minimum atomic E-state index is -0.482. The van der Waals surface area contributed by atoms with E-state index in [0.29, 0.717) is 29.8 Å². The van der Waals surface area contributed by atoms with Crippen LogP contribution in [-0.4, -0.2) is 50.0 Å². The van der Waals surface area contributed by atoms with E-state index in [0.717, 1.165) is 5.56 Å². The number of methoxy groups -OCH3 is 3. The van der Waals surface area contributed by atoms with Crippen molar-refractivity contribution in [1.29, 1.82) is 0 Å². The molecule has 2 aromatic carbocycles. The third-order valence-electron chi connectivity index (χ3n) is 4.48. The van der Waals surface area contributed by atoms with E-state index in [1.165, 1.54) is 21.3 Å². The molecule has 0 aliphatic carbocycles. The van der Waals surface area contributed by atoms with E-state index in [9.17, 15) is 19.8 Å². The van der Waals surface area contributed by atoms with Crippen molar-refractivity contribution in [2.75, 3.05) is 27.9 Å². The first-order valence-corrected chi connectivity index (χ1v) is 8.95. The highest BCUT2D eigenvalue weighted by Crippen LogP contribution is 2.32. The number of carbonyl (C=O) groups excluding carboxylic acids is 2. The summed E-state index contributed by atoms with van der Waals surface area (Å²) in [7, 11) is 4.18. The summed E-state index contributed by atoms with van der Waals surface area (Å²) < 4.78 is 14.9. The Bertz CT molecular complexity index is 880. The summed E-state index contributed by atoms with van der Waals surface area (Å²) in [6.07, 6.45) is 0.544. The minimum absolute atomic E-state index is 0.0120. The van der Waals surface area contributed by atoms with Gasteiger partial charge in [0.25, 0.3) is 0 Å². The van der Waals surface area contributed by atoms with Crippen LogP contribution in [-0.2, 0) is 29.0 Å². The van der Waals surface area contributed by atoms with Gasteiger partial charge in [-0.25, -0.2) is 4.79 Å². The number of ether oxygens (including phenoxy) is 3. The van der Waals surface area contributed by atoms with Crippen LogP contribution in [0.3, 0.4) is 0 Å². The Morgan fingerprint density at radius 1 is 1.03 bits per heavy atom. The summed E-state index contributed by atoms with van der Waals surface area (Å²) in [4.78, 5) is 23.9. The number of benzene rings is 2. The molecule has 0 aliphatic heterocycles. The molecule has 2 aromatic rings. The van der Waals surface area contributed by atoms with Crippen molar-refractivity contribution < 1.29 is 34.0 Å². The van der Waals surface area contributed by atoms with Crippen molar-refractivity contribution in [3.05, 3.63) is 52.6 Å². The van der Waals surface area contributed by atoms with Crippen LogP contribution in [0.25, 0.3) is 0 Å². The van der Waals surface area contributed by atoms with Gasteiger partial charge >= 0.3 is 5.97 Å². The van der Waals surface area contributed by atoms with Gasteiger partial charge in [0.1, 0.15) is 11.3 Å². The van der Waals surface area contributed by atoms with Gasteiger partial charge in [0.05, 0.1) is 34.4 Å². The highest BCUT2D eigenvalue weighted by molar-refractivity contribution is 5.92. The van der Waals surface area contributed by atoms with Crippen LogP contribution in [0.5, 0.6) is 17.2 Å². The van der Waals surface area contributed by atoms with Gasteiger partial charge < -0.3 is 29.7 Å². The average molecular weight is 403 g/mol. The Morgan fingerprint density at radius 3 is 2.38 bits per heavy atom. The fourth-order valence-electron chi connectivity index (χ4n) is 2.91. The van der Waals surface area contributed by atoms with Crippen molar-refractivity contribution >= 4 is 11.9 Å². The van der Waals surface area contributed by atoms with Gasteiger partial charge in [0, 0.05) is 12.1 Å². The Hall–Kier alpha value is -3.26. The summed E-state index contributed by atoms with van der Waals surface area (Å²) in [6, 6.07) is 8.30. The highest BCUT2D eigenvalue weighted by Gasteiger charge is 2.16. The Kier molecular flexibility index (Phi) is 7.85. The van der Waals surface area contributed by atoms with Crippen LogP contribution in [0.1, 0.15) is 27.0 Å². The molecule has 0 atom stereocenters. The van der Waals surface area contributed by atoms with E-state index >= 15 is 0 Å². The van der Waals surface area contributed by atoms with Crippen molar-refractivity contribution in [2.24, 2.45) is 0 Å². The predicted octanol–water partition coefficient (Wildman–Crippen LogP) is 1.59. The maximum Gasteiger partial charge on any atom is 0.341 e. The van der Waals surface area contributed by atoms with E-state index in [1.54, 1.807) is 30.3 Å². The largest absolute Gasteiger partial charge is 0.504 e. The maximum atomic E-state index is 12.3. The van der Waals surface area contributed by atoms with Crippen molar-refractivity contribution in [1.82, 2.24) is 5.32 Å². The van der Waals surface area contributed by atoms with Gasteiger partial charge in [-0.1, -0.05) is 12.1 Å². The normalized spacial score (nSPS) is 10.3. The first kappa shape index (κ1) is 22.0. The molecule has 0 spiro atoms. The fraction of sp³-hybridized carbons (Fsp3) is 0.333. The molecule has 8 heteroatoms. The second kappa shape index (κ2) is 10.3. The molecule has 0 saturated heterocycles. The van der Waals surface area contributed by atoms with Crippen LogP contribution >= 0.6 is 0 Å². The van der Waals surface area contributed by atoms with E-state index in [-0.39, 0.29) is 29.4 Å². The molecule has 0 aromatic heterocycles. The number of aliphatic hydroxyl groups excluding tert-OH is 1. The highest BCUT2D eigenvalue weighted by atomic mass is 16.5. The molecule has 3 N–H and O–H groups in total. The molecule has 0 fully saturated rings. The first-order valence-electron chi connectivity index (χ1n) is 8.95. The van der Waals surface area contributed by atoms with E-state index in [4.69, 9.17) is 14.2 Å². The zero-order chi connectivity index (χ0) is 21.4. The Morgan fingerprint density at radius 2 is 1.76 bits per heavy atom. The third-order valence-corrected chi connectivity index (χ3v) is 4.48. The van der Waals surface area contributed by atoms with Crippen LogP contribution in [0.15, 0.2) is 30.3 Å². The second-order valence-electron chi connectivity index (χ2n) is 6.22. The molecule has 0 aliphatic rings. The number of phenols is 1. The molecule has 0 bridgehead atoms. The molecule has 29 heavy (non-hydrogen) atoms. The molecule has 0 radical (unpaired) electrons. The smallest absolute Gasteiger partial charge is 0.341 e. The van der Waals surface area contributed by atoms with Crippen molar-refractivity contribution in [2.45, 2.75) is 19.4 Å². The molecule has 0 saturated carbocycles. The quantitative estimate of drug-likeness (QED) is 0.545. The van der Waals surface area contributed by atoms with Gasteiger partial charge in [0.15, 0.2) is 11.5 Å². The molecule has 156 valence electrons. The predicted molar refractivity (Wildman–Crippen MR) is 105 cm³/mol.